The van der Waals surface area contributed by atoms with Crippen molar-refractivity contribution in [3.63, 3.8) is 0 Å². The van der Waals surface area contributed by atoms with Gasteiger partial charge in [0.15, 0.2) is 9.84 Å². The number of hydrogen-bond donors (Lipinski definition) is 2. The summed E-state index contributed by atoms with van der Waals surface area (Å²) in [5.74, 6) is 0. The van der Waals surface area contributed by atoms with Crippen molar-refractivity contribution in [3.8, 4) is 0 Å². The third-order valence-electron chi connectivity index (χ3n) is 3.53. The molecule has 1 aromatic carbocycles. The molecule has 0 spiro atoms. The molecule has 1 aromatic rings. The van der Waals surface area contributed by atoms with Crippen molar-refractivity contribution in [2.45, 2.75) is 36.1 Å². The van der Waals surface area contributed by atoms with Crippen molar-refractivity contribution in [1.29, 1.82) is 0 Å². The van der Waals surface area contributed by atoms with Crippen LogP contribution >= 0.6 is 12.4 Å². The molecule has 1 unspecified atom stereocenters. The molecule has 1 fully saturated rings. The zero-order valence-corrected chi connectivity index (χ0v) is 15.2. The molecule has 0 saturated carbocycles. The van der Waals surface area contributed by atoms with Crippen molar-refractivity contribution in [3.05, 3.63) is 23.3 Å². The first-order valence-electron chi connectivity index (χ1n) is 6.65. The second kappa shape index (κ2) is 6.84. The maximum absolute atomic E-state index is 12.5. The molecule has 1 saturated heterocycles. The summed E-state index contributed by atoms with van der Waals surface area (Å²) in [5.41, 5.74) is 0.868. The smallest absolute Gasteiger partial charge is 0.241 e. The molecule has 126 valence electrons. The normalized spacial score (nSPS) is 19.0. The molecule has 2 rings (SSSR count). The van der Waals surface area contributed by atoms with Gasteiger partial charge in [-0.2, -0.15) is 0 Å². The van der Waals surface area contributed by atoms with E-state index < -0.39 is 19.9 Å². The zero-order chi connectivity index (χ0) is 15.8. The van der Waals surface area contributed by atoms with Crippen LogP contribution in [0.15, 0.2) is 21.9 Å². The highest BCUT2D eigenvalue weighted by Crippen LogP contribution is 2.25. The van der Waals surface area contributed by atoms with Gasteiger partial charge in [-0.25, -0.2) is 21.6 Å². The predicted octanol–water partition coefficient (Wildman–Crippen LogP) is 0.769. The lowest BCUT2D eigenvalue weighted by atomic mass is 10.2. The van der Waals surface area contributed by atoms with Gasteiger partial charge >= 0.3 is 0 Å². The molecule has 1 heterocycles. The van der Waals surface area contributed by atoms with Gasteiger partial charge in [0.05, 0.1) is 9.79 Å². The summed E-state index contributed by atoms with van der Waals surface area (Å²) in [7, 11) is -7.20. The van der Waals surface area contributed by atoms with Gasteiger partial charge in [-0.15, -0.1) is 12.4 Å². The van der Waals surface area contributed by atoms with Crippen LogP contribution in [0.3, 0.4) is 0 Å². The Morgan fingerprint density at radius 2 is 1.73 bits per heavy atom. The van der Waals surface area contributed by atoms with Crippen molar-refractivity contribution < 1.29 is 16.8 Å². The number of sulfonamides is 1. The Kier molecular flexibility index (Phi) is 6.02. The quantitative estimate of drug-likeness (QED) is 0.818. The molecule has 1 atom stereocenters. The molecule has 0 radical (unpaired) electrons. The molecule has 0 aromatic heterocycles. The maximum Gasteiger partial charge on any atom is 0.241 e. The Morgan fingerprint density at radius 1 is 1.14 bits per heavy atom. The highest BCUT2D eigenvalue weighted by Gasteiger charge is 2.26. The van der Waals surface area contributed by atoms with E-state index in [4.69, 9.17) is 0 Å². The molecule has 0 bridgehead atoms. The van der Waals surface area contributed by atoms with E-state index in [-0.39, 0.29) is 33.8 Å². The average molecular weight is 369 g/mol. The molecule has 1 aliphatic heterocycles. The standard InChI is InChI=1S/C13H20N2O4S2.ClH/c1-9-6-12(20(3,16)17)10(2)13(7-9)21(18,19)15-11-4-5-14-8-11;/h6-7,11,14-15H,4-5,8H2,1-3H3;1H. The zero-order valence-electron chi connectivity index (χ0n) is 12.7. The predicted molar refractivity (Wildman–Crippen MR) is 87.9 cm³/mol. The van der Waals surface area contributed by atoms with Gasteiger partial charge in [-0.3, -0.25) is 0 Å². The van der Waals surface area contributed by atoms with Gasteiger partial charge in [0.1, 0.15) is 0 Å². The van der Waals surface area contributed by atoms with E-state index in [2.05, 4.69) is 10.0 Å². The van der Waals surface area contributed by atoms with Crippen LogP contribution in [-0.4, -0.2) is 42.2 Å². The maximum atomic E-state index is 12.5. The Labute approximate surface area is 138 Å². The van der Waals surface area contributed by atoms with Crippen LogP contribution in [0.25, 0.3) is 0 Å². The van der Waals surface area contributed by atoms with E-state index >= 15 is 0 Å². The SMILES string of the molecule is Cc1cc(S(C)(=O)=O)c(C)c(S(=O)(=O)NC2CCNC2)c1.Cl. The number of nitrogens with one attached hydrogen (secondary N) is 2. The van der Waals surface area contributed by atoms with Gasteiger partial charge in [-0.1, -0.05) is 0 Å². The van der Waals surface area contributed by atoms with Crippen LogP contribution in [-0.2, 0) is 19.9 Å². The molecule has 6 nitrogen and oxygen atoms in total. The minimum absolute atomic E-state index is 0. The van der Waals surface area contributed by atoms with Crippen LogP contribution in [0.5, 0.6) is 0 Å². The van der Waals surface area contributed by atoms with E-state index in [0.29, 0.717) is 12.1 Å². The average Bonchev–Trinajstić information content (AvgIpc) is 2.82. The Morgan fingerprint density at radius 3 is 2.23 bits per heavy atom. The summed E-state index contributed by atoms with van der Waals surface area (Å²) in [4.78, 5) is 0.0993. The van der Waals surface area contributed by atoms with Crippen LogP contribution in [0, 0.1) is 13.8 Å². The van der Waals surface area contributed by atoms with Gasteiger partial charge in [0.2, 0.25) is 10.0 Å². The van der Waals surface area contributed by atoms with E-state index in [9.17, 15) is 16.8 Å². The molecule has 0 aliphatic carbocycles. The third kappa shape index (κ3) is 4.20. The topological polar surface area (TPSA) is 92.3 Å². The minimum atomic E-state index is -3.73. The van der Waals surface area contributed by atoms with Gasteiger partial charge in [-0.05, 0) is 50.1 Å². The molecule has 22 heavy (non-hydrogen) atoms. The fraction of sp³-hybridized carbons (Fsp3) is 0.538. The number of sulfone groups is 1. The summed E-state index contributed by atoms with van der Waals surface area (Å²) < 4.78 is 51.3. The summed E-state index contributed by atoms with van der Waals surface area (Å²) in [6, 6.07) is 2.85. The lowest BCUT2D eigenvalue weighted by Crippen LogP contribution is -2.36. The van der Waals surface area contributed by atoms with Crippen molar-refractivity contribution in [2.75, 3.05) is 19.3 Å². The molecular weight excluding hydrogens is 348 g/mol. The summed E-state index contributed by atoms with van der Waals surface area (Å²) in [5, 5.41) is 3.09. The Bertz CT molecular complexity index is 754. The van der Waals surface area contributed by atoms with Gasteiger partial charge in [0.25, 0.3) is 0 Å². The number of hydrogen-bond acceptors (Lipinski definition) is 5. The van der Waals surface area contributed by atoms with E-state index in [1.54, 1.807) is 6.92 Å². The van der Waals surface area contributed by atoms with E-state index in [1.165, 1.54) is 19.1 Å². The number of rotatable bonds is 4. The van der Waals surface area contributed by atoms with Crippen molar-refractivity contribution in [2.24, 2.45) is 0 Å². The van der Waals surface area contributed by atoms with Gasteiger partial charge in [0, 0.05) is 18.8 Å². The molecule has 1 aliphatic rings. The first-order valence-corrected chi connectivity index (χ1v) is 10.0. The van der Waals surface area contributed by atoms with E-state index in [0.717, 1.165) is 19.2 Å². The molecular formula is C13H21ClN2O4S2. The van der Waals surface area contributed by atoms with Gasteiger partial charge < -0.3 is 5.32 Å². The second-order valence-electron chi connectivity index (χ2n) is 5.47. The molecule has 9 heteroatoms. The summed E-state index contributed by atoms with van der Waals surface area (Å²) in [6.07, 6.45) is 1.81. The van der Waals surface area contributed by atoms with Crippen LogP contribution < -0.4 is 10.0 Å². The third-order valence-corrected chi connectivity index (χ3v) is 6.40. The fourth-order valence-electron chi connectivity index (χ4n) is 2.50. The number of benzene rings is 1. The van der Waals surface area contributed by atoms with E-state index in [1.807, 2.05) is 0 Å². The Hall–Kier alpha value is -0.670. The highest BCUT2D eigenvalue weighted by atomic mass is 35.5. The first kappa shape index (κ1) is 19.4. The highest BCUT2D eigenvalue weighted by molar-refractivity contribution is 7.91. The van der Waals surface area contributed by atoms with Crippen LogP contribution in [0.4, 0.5) is 0 Å². The summed E-state index contributed by atoms with van der Waals surface area (Å²) in [6.45, 7) is 4.57. The summed E-state index contributed by atoms with van der Waals surface area (Å²) >= 11 is 0. The number of halogens is 1. The molecule has 0 amide bonds. The lowest BCUT2D eigenvalue weighted by Gasteiger charge is -2.16. The largest absolute Gasteiger partial charge is 0.315 e. The first-order chi connectivity index (χ1) is 9.61. The van der Waals surface area contributed by atoms with Crippen molar-refractivity contribution in [1.82, 2.24) is 10.0 Å². The van der Waals surface area contributed by atoms with Crippen LogP contribution in [0.1, 0.15) is 17.5 Å². The molecule has 2 N–H and O–H groups in total. The number of aryl methyl sites for hydroxylation is 1. The monoisotopic (exact) mass is 368 g/mol. The minimum Gasteiger partial charge on any atom is -0.315 e. The lowest BCUT2D eigenvalue weighted by molar-refractivity contribution is 0.559. The van der Waals surface area contributed by atoms with Crippen LogP contribution in [0.2, 0.25) is 0 Å². The van der Waals surface area contributed by atoms with Crippen molar-refractivity contribution >= 4 is 32.3 Å². The Balaban J connectivity index is 0.00000242. The second-order valence-corrected chi connectivity index (χ2v) is 9.14. The fourth-order valence-corrected chi connectivity index (χ4v) is 5.25.